The van der Waals surface area contributed by atoms with Crippen molar-refractivity contribution in [3.8, 4) is 0 Å². The summed E-state index contributed by atoms with van der Waals surface area (Å²) >= 11 is 0. The van der Waals surface area contributed by atoms with Gasteiger partial charge in [-0.2, -0.15) is 0 Å². The molecule has 78 valence electrons. The molecule has 0 aliphatic carbocycles. The van der Waals surface area contributed by atoms with E-state index in [2.05, 4.69) is 9.83 Å². The molecule has 0 atom stereocenters. The summed E-state index contributed by atoms with van der Waals surface area (Å²) in [4.78, 5) is 29.2. The molecule has 0 aliphatic rings. The lowest BCUT2D eigenvalue weighted by Gasteiger charge is -2.05. The lowest BCUT2D eigenvalue weighted by molar-refractivity contribution is -0.108. The molecule has 0 unspecified atom stereocenters. The highest BCUT2D eigenvalue weighted by molar-refractivity contribution is 5.79. The maximum atomic E-state index is 11.5. The SMILES string of the molecule is [C-]#[N+]c1ccc2ncc(=O)n(CC=O)c2c1. The van der Waals surface area contributed by atoms with Gasteiger partial charge in [-0.3, -0.25) is 9.36 Å². The zero-order valence-electron chi connectivity index (χ0n) is 8.25. The van der Waals surface area contributed by atoms with E-state index in [1.807, 2.05) is 0 Å². The topological polar surface area (TPSA) is 56.3 Å². The van der Waals surface area contributed by atoms with E-state index in [9.17, 15) is 9.59 Å². The third-order valence-electron chi connectivity index (χ3n) is 2.22. The third-order valence-corrected chi connectivity index (χ3v) is 2.22. The number of hydrogen-bond donors (Lipinski definition) is 0. The molecule has 0 saturated heterocycles. The monoisotopic (exact) mass is 213 g/mol. The van der Waals surface area contributed by atoms with Gasteiger partial charge in [-0.25, -0.2) is 9.83 Å². The number of aromatic nitrogens is 2. The number of aldehydes is 1. The number of benzene rings is 1. The van der Waals surface area contributed by atoms with E-state index in [0.717, 1.165) is 0 Å². The number of carbonyl (C=O) groups is 1. The summed E-state index contributed by atoms with van der Waals surface area (Å²) in [6.07, 6.45) is 1.81. The fourth-order valence-electron chi connectivity index (χ4n) is 1.48. The zero-order valence-corrected chi connectivity index (χ0v) is 8.25. The van der Waals surface area contributed by atoms with Crippen LogP contribution in [0.2, 0.25) is 0 Å². The minimum atomic E-state index is -0.346. The number of carbonyl (C=O) groups excluding carboxylic acids is 1. The number of rotatable bonds is 2. The van der Waals surface area contributed by atoms with Gasteiger partial charge in [0.1, 0.15) is 6.29 Å². The van der Waals surface area contributed by atoms with E-state index in [4.69, 9.17) is 6.57 Å². The van der Waals surface area contributed by atoms with Crippen LogP contribution >= 0.6 is 0 Å². The standard InChI is InChI=1S/C11H7N3O2/c1-12-8-2-3-9-10(6-8)14(4-5-15)11(16)7-13-9/h2-3,5-7H,4H2. The van der Waals surface area contributed by atoms with Crippen LogP contribution in [-0.4, -0.2) is 15.8 Å². The van der Waals surface area contributed by atoms with Gasteiger partial charge in [0.2, 0.25) is 0 Å². The summed E-state index contributed by atoms with van der Waals surface area (Å²) < 4.78 is 1.30. The Balaban J connectivity index is 2.84. The summed E-state index contributed by atoms with van der Waals surface area (Å²) in [5.74, 6) is 0. The summed E-state index contributed by atoms with van der Waals surface area (Å²) in [7, 11) is 0. The highest BCUT2D eigenvalue weighted by Crippen LogP contribution is 2.18. The minimum absolute atomic E-state index is 0.0285. The Morgan fingerprint density at radius 1 is 1.50 bits per heavy atom. The molecule has 1 aromatic carbocycles. The summed E-state index contributed by atoms with van der Waals surface area (Å²) in [6.45, 7) is 6.86. The van der Waals surface area contributed by atoms with E-state index in [-0.39, 0.29) is 12.1 Å². The van der Waals surface area contributed by atoms with E-state index in [1.165, 1.54) is 10.8 Å². The molecular formula is C11H7N3O2. The molecule has 1 aromatic heterocycles. The van der Waals surface area contributed by atoms with Crippen molar-refractivity contribution in [1.82, 2.24) is 9.55 Å². The quantitative estimate of drug-likeness (QED) is 0.555. The van der Waals surface area contributed by atoms with Gasteiger partial charge in [0.05, 0.1) is 30.3 Å². The van der Waals surface area contributed by atoms with Crippen molar-refractivity contribution in [1.29, 1.82) is 0 Å². The Bertz CT molecular complexity index is 652. The van der Waals surface area contributed by atoms with Gasteiger partial charge in [-0.1, -0.05) is 6.07 Å². The van der Waals surface area contributed by atoms with Crippen LogP contribution < -0.4 is 5.56 Å². The summed E-state index contributed by atoms with van der Waals surface area (Å²) in [5.41, 5.74) is 1.17. The Hall–Kier alpha value is -2.48. The second-order valence-electron chi connectivity index (χ2n) is 3.16. The van der Waals surface area contributed by atoms with Crippen LogP contribution in [0.5, 0.6) is 0 Å². The second-order valence-corrected chi connectivity index (χ2v) is 3.16. The molecule has 2 aromatic rings. The highest BCUT2D eigenvalue weighted by atomic mass is 16.1. The van der Waals surface area contributed by atoms with Crippen LogP contribution in [0.25, 0.3) is 15.9 Å². The van der Waals surface area contributed by atoms with Gasteiger partial charge in [0, 0.05) is 0 Å². The minimum Gasteiger partial charge on any atom is -0.301 e. The average Bonchev–Trinajstić information content (AvgIpc) is 2.32. The Morgan fingerprint density at radius 2 is 2.31 bits per heavy atom. The fraction of sp³-hybridized carbons (Fsp3) is 0.0909. The predicted octanol–water partition coefficient (Wildman–Crippen LogP) is 1.15. The zero-order chi connectivity index (χ0) is 11.5. The van der Waals surface area contributed by atoms with Crippen LogP contribution in [0, 0.1) is 6.57 Å². The van der Waals surface area contributed by atoms with Crippen LogP contribution in [-0.2, 0) is 11.3 Å². The van der Waals surface area contributed by atoms with E-state index >= 15 is 0 Å². The largest absolute Gasteiger partial charge is 0.301 e. The highest BCUT2D eigenvalue weighted by Gasteiger charge is 2.04. The number of hydrogen-bond acceptors (Lipinski definition) is 3. The molecule has 5 nitrogen and oxygen atoms in total. The van der Waals surface area contributed by atoms with Gasteiger partial charge in [0.15, 0.2) is 5.69 Å². The van der Waals surface area contributed by atoms with Crippen molar-refractivity contribution < 1.29 is 4.79 Å². The maximum Gasteiger partial charge on any atom is 0.269 e. The lowest BCUT2D eigenvalue weighted by Crippen LogP contribution is -2.20. The van der Waals surface area contributed by atoms with E-state index in [1.54, 1.807) is 18.2 Å². The van der Waals surface area contributed by atoms with Gasteiger partial charge < -0.3 is 4.79 Å². The van der Waals surface area contributed by atoms with E-state index in [0.29, 0.717) is 23.0 Å². The first-order valence-corrected chi connectivity index (χ1v) is 4.57. The van der Waals surface area contributed by atoms with Gasteiger partial charge >= 0.3 is 0 Å². The molecule has 0 saturated carbocycles. The van der Waals surface area contributed by atoms with Crippen molar-refractivity contribution in [2.75, 3.05) is 0 Å². The molecule has 5 heteroatoms. The molecule has 0 fully saturated rings. The van der Waals surface area contributed by atoms with Crippen LogP contribution in [0.1, 0.15) is 0 Å². The molecule has 0 amide bonds. The molecule has 0 aliphatic heterocycles. The van der Waals surface area contributed by atoms with Gasteiger partial charge in [-0.15, -0.1) is 0 Å². The number of fused-ring (bicyclic) bond motifs is 1. The molecule has 2 rings (SSSR count). The first kappa shape index (κ1) is 10.1. The van der Waals surface area contributed by atoms with Gasteiger partial charge in [0.25, 0.3) is 5.56 Å². The maximum absolute atomic E-state index is 11.5. The summed E-state index contributed by atoms with van der Waals surface area (Å²) in [5, 5.41) is 0. The van der Waals surface area contributed by atoms with Crippen molar-refractivity contribution in [3.05, 3.63) is 46.2 Å². The molecule has 1 heterocycles. The molecule has 0 N–H and O–H groups in total. The first-order valence-electron chi connectivity index (χ1n) is 4.57. The average molecular weight is 213 g/mol. The second kappa shape index (κ2) is 3.95. The van der Waals surface area contributed by atoms with Crippen molar-refractivity contribution in [2.45, 2.75) is 6.54 Å². The number of nitrogens with zero attached hydrogens (tertiary/aromatic N) is 3. The molecule has 0 bridgehead atoms. The van der Waals surface area contributed by atoms with Crippen LogP contribution in [0.3, 0.4) is 0 Å². The molecule has 0 radical (unpaired) electrons. The van der Waals surface area contributed by atoms with Crippen LogP contribution in [0.15, 0.2) is 29.2 Å². The smallest absolute Gasteiger partial charge is 0.269 e. The first-order chi connectivity index (χ1) is 7.76. The normalized spacial score (nSPS) is 9.94. The third kappa shape index (κ3) is 1.57. The van der Waals surface area contributed by atoms with Gasteiger partial charge in [-0.05, 0) is 12.1 Å². The Kier molecular flexibility index (Phi) is 2.48. The molecular weight excluding hydrogens is 206 g/mol. The predicted molar refractivity (Wildman–Crippen MR) is 58.3 cm³/mol. The lowest BCUT2D eigenvalue weighted by atomic mass is 10.2. The summed E-state index contributed by atoms with van der Waals surface area (Å²) in [6, 6.07) is 4.84. The van der Waals surface area contributed by atoms with Crippen LogP contribution in [0.4, 0.5) is 5.69 Å². The van der Waals surface area contributed by atoms with Crippen molar-refractivity contribution in [3.63, 3.8) is 0 Å². The van der Waals surface area contributed by atoms with E-state index < -0.39 is 0 Å². The Morgan fingerprint density at radius 3 is 3.00 bits per heavy atom. The van der Waals surface area contributed by atoms with Crippen molar-refractivity contribution >= 4 is 23.0 Å². The molecule has 0 spiro atoms. The van der Waals surface area contributed by atoms with Crippen molar-refractivity contribution in [2.24, 2.45) is 0 Å². The fourth-order valence-corrected chi connectivity index (χ4v) is 1.48. The molecule has 16 heavy (non-hydrogen) atoms. The Labute approximate surface area is 90.8 Å².